The van der Waals surface area contributed by atoms with Crippen LogP contribution in [-0.2, 0) is 32.7 Å². The van der Waals surface area contributed by atoms with Crippen molar-refractivity contribution in [1.29, 1.82) is 0 Å². The van der Waals surface area contributed by atoms with Gasteiger partial charge in [-0.05, 0) is 24.3 Å². The molecular formula is C17H19N2O2Y-. The van der Waals surface area contributed by atoms with Gasteiger partial charge in [0, 0.05) is 32.7 Å². The van der Waals surface area contributed by atoms with Crippen molar-refractivity contribution in [3.05, 3.63) is 56.0 Å². The van der Waals surface area contributed by atoms with Crippen LogP contribution in [0.25, 0.3) is 0 Å². The van der Waals surface area contributed by atoms with Crippen molar-refractivity contribution in [2.75, 3.05) is 6.79 Å². The molecule has 1 aliphatic heterocycles. The van der Waals surface area contributed by atoms with E-state index in [4.69, 9.17) is 9.47 Å². The summed E-state index contributed by atoms with van der Waals surface area (Å²) >= 11 is 0. The van der Waals surface area contributed by atoms with Crippen molar-refractivity contribution < 1.29 is 42.2 Å². The van der Waals surface area contributed by atoms with Crippen molar-refractivity contribution in [2.45, 2.75) is 13.8 Å². The van der Waals surface area contributed by atoms with Crippen LogP contribution in [0.4, 0.5) is 11.4 Å². The van der Waals surface area contributed by atoms with Crippen LogP contribution in [-0.4, -0.2) is 12.8 Å². The summed E-state index contributed by atoms with van der Waals surface area (Å²) in [6.07, 6.45) is 0. The molecule has 0 fully saturated rings. The number of ether oxygens (including phenoxy) is 2. The first kappa shape index (κ1) is 20.5. The maximum atomic E-state index is 5.52. The average Bonchev–Trinajstić information content (AvgIpc) is 2.53. The van der Waals surface area contributed by atoms with Crippen LogP contribution in [0.15, 0.2) is 58.5 Å². The molecule has 0 amide bonds. The summed E-state index contributed by atoms with van der Waals surface area (Å²) in [6, 6.07) is 17.5. The van der Waals surface area contributed by atoms with Gasteiger partial charge in [-0.2, -0.15) is 9.98 Å². The number of aliphatic imine (C=N–C) groups is 2. The zero-order chi connectivity index (χ0) is 14.2. The van der Waals surface area contributed by atoms with Gasteiger partial charge in [0.05, 0.1) is 0 Å². The molecule has 3 rings (SSSR count). The van der Waals surface area contributed by atoms with Crippen LogP contribution < -0.4 is 9.47 Å². The van der Waals surface area contributed by atoms with Crippen molar-refractivity contribution in [3.8, 4) is 11.5 Å². The summed E-state index contributed by atoms with van der Waals surface area (Å²) in [6.45, 7) is 4.12. The Hall–Kier alpha value is -1.48. The monoisotopic (exact) mass is 372 g/mol. The van der Waals surface area contributed by atoms with Gasteiger partial charge < -0.3 is 16.9 Å². The standard InChI is InChI=1S/C14H10N2O2.C2H6.CH3.Y/c1-3-7-13-11(5-1)15-9-16-12-6-2-4-8-14(12)18-10-17-13;1-2;;/h1-8H,10H2;1-2H3;1H3;/q;;-1;. The second-order valence-electron chi connectivity index (χ2n) is 3.67. The molecule has 5 heteroatoms. The second-order valence-corrected chi connectivity index (χ2v) is 3.67. The number of hydrogen-bond acceptors (Lipinski definition) is 4. The molecule has 2 aromatic rings. The Balaban J connectivity index is 0.00000106. The molecule has 113 valence electrons. The van der Waals surface area contributed by atoms with E-state index in [1.807, 2.05) is 62.4 Å². The number of nitrogens with zero attached hydrogens (tertiary/aromatic N) is 2. The number of para-hydroxylation sites is 4. The summed E-state index contributed by atoms with van der Waals surface area (Å²) < 4.78 is 11.0. The normalized spacial score (nSPS) is 10.8. The summed E-state index contributed by atoms with van der Waals surface area (Å²) in [5.41, 5.74) is 1.37. The maximum Gasteiger partial charge on any atom is 0.231 e. The van der Waals surface area contributed by atoms with Crippen molar-refractivity contribution >= 4 is 17.4 Å². The molecule has 0 atom stereocenters. The first-order valence-electron chi connectivity index (χ1n) is 6.53. The van der Waals surface area contributed by atoms with Gasteiger partial charge in [-0.1, -0.05) is 38.1 Å². The average molecular weight is 372 g/mol. The molecule has 0 unspecified atom stereocenters. The largest absolute Gasteiger partial charge is 0.455 e. The van der Waals surface area contributed by atoms with Crippen molar-refractivity contribution in [2.24, 2.45) is 9.98 Å². The zero-order valence-electron chi connectivity index (χ0n) is 13.1. The van der Waals surface area contributed by atoms with Crippen LogP contribution in [0, 0.1) is 7.43 Å². The Morgan fingerprint density at radius 3 is 1.68 bits per heavy atom. The van der Waals surface area contributed by atoms with E-state index in [9.17, 15) is 0 Å². The van der Waals surface area contributed by atoms with Gasteiger partial charge in [0.15, 0.2) is 0 Å². The Bertz CT molecular complexity index is 587. The van der Waals surface area contributed by atoms with E-state index >= 15 is 0 Å². The number of rotatable bonds is 0. The predicted molar refractivity (Wildman–Crippen MR) is 86.0 cm³/mol. The Morgan fingerprint density at radius 2 is 1.23 bits per heavy atom. The molecule has 4 nitrogen and oxygen atoms in total. The predicted octanol–water partition coefficient (Wildman–Crippen LogP) is 5.03. The molecule has 0 aromatic heterocycles. The number of benzene rings is 2. The van der Waals surface area contributed by atoms with Gasteiger partial charge in [0.1, 0.15) is 28.9 Å². The minimum absolute atomic E-state index is 0. The topological polar surface area (TPSA) is 43.2 Å². The number of hydrogen-bond donors (Lipinski definition) is 0. The van der Waals surface area contributed by atoms with Crippen LogP contribution in [0.2, 0.25) is 0 Å². The van der Waals surface area contributed by atoms with Crippen molar-refractivity contribution in [3.63, 3.8) is 0 Å². The van der Waals surface area contributed by atoms with E-state index in [0.717, 1.165) is 0 Å². The second kappa shape index (κ2) is 11.1. The molecule has 22 heavy (non-hydrogen) atoms. The van der Waals surface area contributed by atoms with Gasteiger partial charge in [-0.25, -0.2) is 0 Å². The maximum absolute atomic E-state index is 5.52. The van der Waals surface area contributed by atoms with Crippen LogP contribution >= 0.6 is 0 Å². The summed E-state index contributed by atoms with van der Waals surface area (Å²) in [7, 11) is 0. The molecule has 0 N–H and O–H groups in total. The van der Waals surface area contributed by atoms with E-state index in [0.29, 0.717) is 22.9 Å². The minimum Gasteiger partial charge on any atom is -0.455 e. The third-order valence-corrected chi connectivity index (χ3v) is 2.50. The molecule has 0 spiro atoms. The Morgan fingerprint density at radius 1 is 0.818 bits per heavy atom. The fourth-order valence-corrected chi connectivity index (χ4v) is 1.63. The van der Waals surface area contributed by atoms with Gasteiger partial charge >= 0.3 is 0 Å². The zero-order valence-corrected chi connectivity index (χ0v) is 16.0. The first-order valence-corrected chi connectivity index (χ1v) is 6.53. The third-order valence-electron chi connectivity index (χ3n) is 2.50. The van der Waals surface area contributed by atoms with E-state index in [1.54, 1.807) is 0 Å². The molecule has 1 radical (unpaired) electrons. The van der Waals surface area contributed by atoms with Gasteiger partial charge in [-0.3, -0.25) is 0 Å². The molecule has 0 aliphatic carbocycles. The third kappa shape index (κ3) is 5.38. The Labute approximate surface area is 157 Å². The summed E-state index contributed by atoms with van der Waals surface area (Å²) in [4.78, 5) is 8.30. The fourth-order valence-electron chi connectivity index (χ4n) is 1.63. The molecule has 1 aliphatic rings. The SMILES string of the molecule is C1=Nc2ccccc2OCOc2ccccc2N=1.CC.[CH3-].[Y]. The van der Waals surface area contributed by atoms with E-state index < -0.39 is 0 Å². The minimum atomic E-state index is 0. The molecule has 0 bridgehead atoms. The van der Waals surface area contributed by atoms with Gasteiger partial charge in [-0.15, -0.1) is 0 Å². The van der Waals surface area contributed by atoms with Gasteiger partial charge in [0.2, 0.25) is 6.79 Å². The van der Waals surface area contributed by atoms with E-state index in [1.165, 1.54) is 0 Å². The Kier molecular flexibility index (Phi) is 10.4. The van der Waals surface area contributed by atoms with Crippen LogP contribution in [0.5, 0.6) is 11.5 Å². The molecule has 0 saturated carbocycles. The smallest absolute Gasteiger partial charge is 0.231 e. The van der Waals surface area contributed by atoms with E-state index in [-0.39, 0.29) is 46.9 Å². The molecule has 2 aromatic carbocycles. The van der Waals surface area contributed by atoms with E-state index in [2.05, 4.69) is 16.0 Å². The fraction of sp³-hybridized carbons (Fsp3) is 0.176. The quantitative estimate of drug-likeness (QED) is 0.609. The van der Waals surface area contributed by atoms with Crippen LogP contribution in [0.3, 0.4) is 0 Å². The van der Waals surface area contributed by atoms with Crippen molar-refractivity contribution in [1.82, 2.24) is 0 Å². The van der Waals surface area contributed by atoms with Crippen LogP contribution in [0.1, 0.15) is 13.8 Å². The summed E-state index contributed by atoms with van der Waals surface area (Å²) in [5, 5.41) is 0. The molecule has 0 saturated heterocycles. The van der Waals surface area contributed by atoms with Gasteiger partial charge in [0.25, 0.3) is 0 Å². The molecule has 1 heterocycles. The molecular weight excluding hydrogens is 353 g/mol. The summed E-state index contributed by atoms with van der Waals surface area (Å²) in [5.74, 6) is 1.30. The first-order chi connectivity index (χ1) is 9.93. The number of fused-ring (bicyclic) bond motifs is 2.